The fourth-order valence-electron chi connectivity index (χ4n) is 3.88. The highest BCUT2D eigenvalue weighted by Gasteiger charge is 2.39. The molecule has 0 bridgehead atoms. The first-order valence-electron chi connectivity index (χ1n) is 9.89. The van der Waals surface area contributed by atoms with Crippen molar-refractivity contribution in [2.24, 2.45) is 0 Å². The molecule has 1 aliphatic heterocycles. The fraction of sp³-hybridized carbons (Fsp3) is 0.429. The molecule has 9 heteroatoms. The third-order valence-corrected chi connectivity index (χ3v) is 8.29. The van der Waals surface area contributed by atoms with Crippen molar-refractivity contribution in [1.29, 1.82) is 0 Å². The molecular formula is C21H25Cl2N3O3S. The number of nitrogens with zero attached hydrogens (tertiary/aromatic N) is 2. The average Bonchev–Trinajstić information content (AvgIpc) is 2.73. The van der Waals surface area contributed by atoms with Crippen LogP contribution in [-0.4, -0.2) is 49.0 Å². The Morgan fingerprint density at radius 3 is 2.40 bits per heavy atom. The topological polar surface area (TPSA) is 79.4 Å². The van der Waals surface area contributed by atoms with Crippen LogP contribution in [0.4, 0.5) is 0 Å². The van der Waals surface area contributed by atoms with Gasteiger partial charge in [-0.3, -0.25) is 9.78 Å². The first-order chi connectivity index (χ1) is 14.3. The van der Waals surface area contributed by atoms with E-state index in [4.69, 9.17) is 23.2 Å². The fourth-order valence-corrected chi connectivity index (χ4v) is 5.96. The van der Waals surface area contributed by atoms with Crippen LogP contribution in [0.15, 0.2) is 42.7 Å². The van der Waals surface area contributed by atoms with E-state index in [2.05, 4.69) is 10.3 Å². The second kappa shape index (κ2) is 9.64. The normalized spacial score (nSPS) is 16.9. The predicted octanol–water partition coefficient (Wildman–Crippen LogP) is 3.89. The van der Waals surface area contributed by atoms with Gasteiger partial charge >= 0.3 is 0 Å². The Balaban J connectivity index is 1.81. The Morgan fingerprint density at radius 1 is 1.17 bits per heavy atom. The number of aromatic nitrogens is 1. The van der Waals surface area contributed by atoms with E-state index < -0.39 is 15.4 Å². The van der Waals surface area contributed by atoms with Crippen LogP contribution >= 0.6 is 23.2 Å². The smallest absolute Gasteiger partial charge is 0.254 e. The number of hydrogen-bond acceptors (Lipinski definition) is 4. The van der Waals surface area contributed by atoms with Crippen LogP contribution in [0.5, 0.6) is 0 Å². The van der Waals surface area contributed by atoms with Gasteiger partial charge in [-0.1, -0.05) is 42.3 Å². The van der Waals surface area contributed by atoms with E-state index in [1.165, 1.54) is 0 Å². The molecule has 0 atom stereocenters. The number of nitrogens with one attached hydrogen (secondary N) is 1. The molecule has 1 N–H and O–H groups in total. The van der Waals surface area contributed by atoms with E-state index in [1.54, 1.807) is 34.9 Å². The number of amides is 1. The van der Waals surface area contributed by atoms with Gasteiger partial charge in [0, 0.05) is 37.4 Å². The van der Waals surface area contributed by atoms with Gasteiger partial charge < -0.3 is 5.32 Å². The van der Waals surface area contributed by atoms with Gasteiger partial charge in [0.15, 0.2) is 0 Å². The van der Waals surface area contributed by atoms with Crippen molar-refractivity contribution in [1.82, 2.24) is 14.6 Å². The highest BCUT2D eigenvalue weighted by atomic mass is 35.5. The van der Waals surface area contributed by atoms with Gasteiger partial charge in [0.25, 0.3) is 5.91 Å². The number of piperidine rings is 1. The molecular weight excluding hydrogens is 445 g/mol. The SMILES string of the molecule is CCCS(=O)(=O)N1CCC(CNC(=O)c2c(Cl)cccc2Cl)(c2cccnc2)CC1. The maximum absolute atomic E-state index is 12.8. The molecule has 1 aromatic heterocycles. The summed E-state index contributed by atoms with van der Waals surface area (Å²) in [4.78, 5) is 17.0. The van der Waals surface area contributed by atoms with E-state index in [1.807, 2.05) is 19.1 Å². The summed E-state index contributed by atoms with van der Waals surface area (Å²) < 4.78 is 26.5. The molecule has 162 valence electrons. The molecule has 1 saturated heterocycles. The molecule has 0 saturated carbocycles. The third kappa shape index (κ3) is 4.97. The molecule has 0 unspecified atom stereocenters. The second-order valence-corrected chi connectivity index (χ2v) is 10.4. The minimum Gasteiger partial charge on any atom is -0.351 e. The average molecular weight is 470 g/mol. The van der Waals surface area contributed by atoms with Gasteiger partial charge in [-0.05, 0) is 43.0 Å². The zero-order valence-electron chi connectivity index (χ0n) is 16.8. The monoisotopic (exact) mass is 469 g/mol. The van der Waals surface area contributed by atoms with Gasteiger partial charge in [0.1, 0.15) is 0 Å². The lowest BCUT2D eigenvalue weighted by atomic mass is 9.73. The standard InChI is InChI=1S/C21H25Cl2N3O3S/c1-2-13-30(28,29)26-11-8-21(9-12-26,16-5-4-10-24-14-16)15-25-20(27)19-17(22)6-3-7-18(19)23/h3-7,10,14H,2,8-9,11-13,15H2,1H3,(H,25,27). The summed E-state index contributed by atoms with van der Waals surface area (Å²) in [6, 6.07) is 8.75. The van der Waals surface area contributed by atoms with Crippen LogP contribution in [0, 0.1) is 0 Å². The Bertz CT molecular complexity index is 972. The largest absolute Gasteiger partial charge is 0.351 e. The Labute approximate surface area is 187 Å². The number of halogens is 2. The van der Waals surface area contributed by atoms with Crippen LogP contribution in [0.1, 0.15) is 42.1 Å². The minimum atomic E-state index is -3.26. The lowest BCUT2D eigenvalue weighted by molar-refractivity contribution is 0.0933. The van der Waals surface area contributed by atoms with Crippen LogP contribution in [0.3, 0.4) is 0 Å². The summed E-state index contributed by atoms with van der Waals surface area (Å²) in [6.07, 6.45) is 5.22. The molecule has 2 heterocycles. The Hall–Kier alpha value is -1.67. The summed E-state index contributed by atoms with van der Waals surface area (Å²) in [7, 11) is -3.26. The van der Waals surface area contributed by atoms with E-state index in [0.29, 0.717) is 38.9 Å². The summed E-state index contributed by atoms with van der Waals surface area (Å²) >= 11 is 12.3. The zero-order chi connectivity index (χ0) is 21.8. The van der Waals surface area contributed by atoms with Gasteiger partial charge in [0.2, 0.25) is 10.0 Å². The molecule has 6 nitrogen and oxygen atoms in total. The van der Waals surface area contributed by atoms with Crippen molar-refractivity contribution in [3.05, 3.63) is 63.9 Å². The molecule has 1 fully saturated rings. The van der Waals surface area contributed by atoms with Gasteiger partial charge in [-0.25, -0.2) is 12.7 Å². The lowest BCUT2D eigenvalue weighted by Crippen LogP contribution is -2.50. The highest BCUT2D eigenvalue weighted by Crippen LogP contribution is 2.36. The predicted molar refractivity (Wildman–Crippen MR) is 120 cm³/mol. The lowest BCUT2D eigenvalue weighted by Gasteiger charge is -2.41. The first kappa shape index (κ1) is 23.0. The quantitative estimate of drug-likeness (QED) is 0.666. The first-order valence-corrected chi connectivity index (χ1v) is 12.3. The van der Waals surface area contributed by atoms with Crippen molar-refractivity contribution >= 4 is 39.1 Å². The van der Waals surface area contributed by atoms with Gasteiger partial charge in [-0.15, -0.1) is 0 Å². The minimum absolute atomic E-state index is 0.147. The molecule has 3 rings (SSSR count). The van der Waals surface area contributed by atoms with Gasteiger partial charge in [-0.2, -0.15) is 0 Å². The number of carbonyl (C=O) groups is 1. The molecule has 1 amide bonds. The highest BCUT2D eigenvalue weighted by molar-refractivity contribution is 7.89. The number of sulfonamides is 1. The van der Waals surface area contributed by atoms with Crippen molar-refractivity contribution < 1.29 is 13.2 Å². The Kier molecular flexibility index (Phi) is 7.39. The van der Waals surface area contributed by atoms with E-state index in [0.717, 1.165) is 5.56 Å². The molecule has 30 heavy (non-hydrogen) atoms. The zero-order valence-corrected chi connectivity index (χ0v) is 19.1. The van der Waals surface area contributed by atoms with Crippen LogP contribution < -0.4 is 5.32 Å². The summed E-state index contributed by atoms with van der Waals surface area (Å²) in [6.45, 7) is 3.00. The molecule has 1 aromatic carbocycles. The molecule has 0 spiro atoms. The van der Waals surface area contributed by atoms with Crippen molar-refractivity contribution in [2.45, 2.75) is 31.6 Å². The number of rotatable bonds is 7. The van der Waals surface area contributed by atoms with Crippen molar-refractivity contribution in [3.8, 4) is 0 Å². The van der Waals surface area contributed by atoms with Crippen LogP contribution in [0.25, 0.3) is 0 Å². The van der Waals surface area contributed by atoms with Gasteiger partial charge in [0.05, 0.1) is 21.4 Å². The molecule has 0 aliphatic carbocycles. The third-order valence-electron chi connectivity index (χ3n) is 5.59. The summed E-state index contributed by atoms with van der Waals surface area (Å²) in [5.41, 5.74) is 0.795. The second-order valence-electron chi connectivity index (χ2n) is 7.52. The number of benzene rings is 1. The van der Waals surface area contributed by atoms with Crippen LogP contribution in [-0.2, 0) is 15.4 Å². The number of pyridine rings is 1. The van der Waals surface area contributed by atoms with E-state index in [-0.39, 0.29) is 27.3 Å². The summed E-state index contributed by atoms with van der Waals surface area (Å²) in [5, 5.41) is 3.54. The molecule has 0 radical (unpaired) electrons. The maximum atomic E-state index is 12.8. The Morgan fingerprint density at radius 2 is 1.83 bits per heavy atom. The number of hydrogen-bond donors (Lipinski definition) is 1. The van der Waals surface area contributed by atoms with E-state index >= 15 is 0 Å². The van der Waals surface area contributed by atoms with E-state index in [9.17, 15) is 13.2 Å². The van der Waals surface area contributed by atoms with Crippen molar-refractivity contribution in [3.63, 3.8) is 0 Å². The molecule has 2 aromatic rings. The summed E-state index contributed by atoms with van der Waals surface area (Å²) in [5.74, 6) is -0.204. The number of carbonyl (C=O) groups excluding carboxylic acids is 1. The van der Waals surface area contributed by atoms with Crippen LogP contribution in [0.2, 0.25) is 10.0 Å². The molecule has 1 aliphatic rings. The van der Waals surface area contributed by atoms with Crippen molar-refractivity contribution in [2.75, 3.05) is 25.4 Å². The maximum Gasteiger partial charge on any atom is 0.254 e.